The van der Waals surface area contributed by atoms with E-state index in [-0.39, 0.29) is 11.7 Å². The first-order chi connectivity index (χ1) is 10.8. The molecule has 1 aromatic rings. The van der Waals surface area contributed by atoms with E-state index in [2.05, 4.69) is 4.90 Å². The van der Waals surface area contributed by atoms with Crippen molar-refractivity contribution in [3.05, 3.63) is 29.8 Å². The highest BCUT2D eigenvalue weighted by atomic mass is 19.4. The van der Waals surface area contributed by atoms with Crippen molar-refractivity contribution >= 4 is 5.91 Å². The first-order valence-electron chi connectivity index (χ1n) is 7.61. The van der Waals surface area contributed by atoms with Gasteiger partial charge in [-0.1, -0.05) is 18.2 Å². The number of rotatable bonds is 6. The maximum Gasteiger partial charge on any atom is 0.422 e. The molecule has 0 saturated carbocycles. The molecular weight excluding hydrogens is 309 g/mol. The molecule has 1 saturated heterocycles. The van der Waals surface area contributed by atoms with Crippen LogP contribution in [0.2, 0.25) is 0 Å². The van der Waals surface area contributed by atoms with Gasteiger partial charge in [0.15, 0.2) is 6.61 Å². The number of primary amides is 1. The number of amides is 1. The number of alkyl halides is 3. The number of ether oxygens (including phenoxy) is 1. The Morgan fingerprint density at radius 2 is 1.91 bits per heavy atom. The number of nitrogens with two attached hydrogens (primary N) is 1. The summed E-state index contributed by atoms with van der Waals surface area (Å²) >= 11 is 0. The second-order valence-electron chi connectivity index (χ2n) is 5.90. The molecule has 0 aromatic heterocycles. The monoisotopic (exact) mass is 330 g/mol. The fraction of sp³-hybridized carbons (Fsp3) is 0.562. The third-order valence-electron chi connectivity index (χ3n) is 3.95. The molecule has 128 valence electrons. The maximum absolute atomic E-state index is 12.3. The van der Waals surface area contributed by atoms with Crippen LogP contribution in [0.4, 0.5) is 13.2 Å². The summed E-state index contributed by atoms with van der Waals surface area (Å²) in [5.41, 5.74) is 5.95. The lowest BCUT2D eigenvalue weighted by Crippen LogP contribution is -2.34. The molecule has 7 heteroatoms. The molecule has 0 atom stereocenters. The zero-order valence-corrected chi connectivity index (χ0v) is 12.8. The third kappa shape index (κ3) is 6.09. The number of para-hydroxylation sites is 1. The minimum Gasteiger partial charge on any atom is -0.484 e. The molecule has 23 heavy (non-hydrogen) atoms. The number of hydrogen-bond donors (Lipinski definition) is 1. The van der Waals surface area contributed by atoms with E-state index in [4.69, 9.17) is 10.5 Å². The van der Waals surface area contributed by atoms with Crippen LogP contribution >= 0.6 is 0 Å². The molecule has 2 rings (SSSR count). The molecule has 0 unspecified atom stereocenters. The van der Waals surface area contributed by atoms with Gasteiger partial charge in [0.05, 0.1) is 0 Å². The van der Waals surface area contributed by atoms with E-state index in [0.717, 1.165) is 31.5 Å². The second kappa shape index (κ2) is 7.68. The molecule has 2 N–H and O–H groups in total. The lowest BCUT2D eigenvalue weighted by Gasteiger charge is -2.31. The number of benzene rings is 1. The van der Waals surface area contributed by atoms with Gasteiger partial charge in [-0.3, -0.25) is 9.69 Å². The van der Waals surface area contributed by atoms with Gasteiger partial charge < -0.3 is 10.5 Å². The fourth-order valence-corrected chi connectivity index (χ4v) is 2.81. The van der Waals surface area contributed by atoms with Crippen LogP contribution in [0.5, 0.6) is 5.75 Å². The van der Waals surface area contributed by atoms with Crippen LogP contribution in [-0.2, 0) is 11.3 Å². The molecular formula is C16H21F3N2O2. The third-order valence-corrected chi connectivity index (χ3v) is 3.95. The molecule has 1 aliphatic heterocycles. The molecule has 0 spiro atoms. The van der Waals surface area contributed by atoms with Crippen molar-refractivity contribution < 1.29 is 22.7 Å². The Morgan fingerprint density at radius 3 is 2.52 bits per heavy atom. The summed E-state index contributed by atoms with van der Waals surface area (Å²) in [4.78, 5) is 13.1. The first kappa shape index (κ1) is 17.6. The van der Waals surface area contributed by atoms with Gasteiger partial charge >= 0.3 is 6.18 Å². The van der Waals surface area contributed by atoms with Crippen LogP contribution < -0.4 is 10.5 Å². The van der Waals surface area contributed by atoms with Gasteiger partial charge in [0, 0.05) is 18.5 Å². The molecule has 4 nitrogen and oxygen atoms in total. The number of likely N-dealkylation sites (tertiary alicyclic amines) is 1. The molecule has 1 fully saturated rings. The Labute approximate surface area is 133 Å². The summed E-state index contributed by atoms with van der Waals surface area (Å²) < 4.78 is 41.8. The Bertz CT molecular complexity index is 526. The number of piperidine rings is 1. The smallest absolute Gasteiger partial charge is 0.422 e. The van der Waals surface area contributed by atoms with Gasteiger partial charge in [-0.05, 0) is 37.9 Å². The van der Waals surface area contributed by atoms with Gasteiger partial charge in [-0.25, -0.2) is 0 Å². The maximum atomic E-state index is 12.3. The van der Waals surface area contributed by atoms with Crippen LogP contribution in [0.15, 0.2) is 24.3 Å². The second-order valence-corrected chi connectivity index (χ2v) is 5.90. The van der Waals surface area contributed by atoms with E-state index in [1.54, 1.807) is 24.3 Å². The van der Waals surface area contributed by atoms with Crippen LogP contribution in [-0.4, -0.2) is 36.7 Å². The molecule has 1 amide bonds. The van der Waals surface area contributed by atoms with E-state index in [0.29, 0.717) is 18.9 Å². The van der Waals surface area contributed by atoms with Crippen molar-refractivity contribution in [2.75, 3.05) is 19.7 Å². The standard InChI is InChI=1S/C16H21F3N2O2/c17-16(18,19)11-23-14-4-2-1-3-13(14)10-21-7-5-12(6-8-21)9-15(20)22/h1-4,12H,5-11H2,(H2,20,22). The van der Waals surface area contributed by atoms with Crippen molar-refractivity contribution in [2.45, 2.75) is 32.0 Å². The number of nitrogens with zero attached hydrogens (tertiary/aromatic N) is 1. The van der Waals surface area contributed by atoms with Crippen molar-refractivity contribution in [3.63, 3.8) is 0 Å². The van der Waals surface area contributed by atoms with Crippen molar-refractivity contribution in [3.8, 4) is 5.75 Å². The molecule has 1 aliphatic rings. The van der Waals surface area contributed by atoms with Gasteiger partial charge in [0.2, 0.25) is 5.91 Å². The quantitative estimate of drug-likeness (QED) is 0.872. The number of halogens is 3. The summed E-state index contributed by atoms with van der Waals surface area (Å²) in [5, 5.41) is 0. The van der Waals surface area contributed by atoms with E-state index in [9.17, 15) is 18.0 Å². The SMILES string of the molecule is NC(=O)CC1CCN(Cc2ccccc2OCC(F)(F)F)CC1. The summed E-state index contributed by atoms with van der Waals surface area (Å²) in [5.74, 6) is 0.291. The molecule has 0 aliphatic carbocycles. The molecule has 0 radical (unpaired) electrons. The largest absolute Gasteiger partial charge is 0.484 e. The molecule has 0 bridgehead atoms. The zero-order chi connectivity index (χ0) is 16.9. The Kier molecular flexibility index (Phi) is 5.87. The average molecular weight is 330 g/mol. The summed E-state index contributed by atoms with van der Waals surface area (Å²) in [6.45, 7) is 0.846. The van der Waals surface area contributed by atoms with Crippen molar-refractivity contribution in [1.82, 2.24) is 4.90 Å². The zero-order valence-electron chi connectivity index (χ0n) is 12.8. The van der Waals surface area contributed by atoms with Crippen LogP contribution in [0.1, 0.15) is 24.8 Å². The minimum atomic E-state index is -4.35. The van der Waals surface area contributed by atoms with Crippen molar-refractivity contribution in [2.24, 2.45) is 11.7 Å². The van der Waals surface area contributed by atoms with E-state index < -0.39 is 12.8 Å². The summed E-state index contributed by atoms with van der Waals surface area (Å²) in [6.07, 6.45) is -2.21. The first-order valence-corrected chi connectivity index (χ1v) is 7.61. The highest BCUT2D eigenvalue weighted by molar-refractivity contribution is 5.73. The Balaban J connectivity index is 1.90. The van der Waals surface area contributed by atoms with Crippen LogP contribution in [0.25, 0.3) is 0 Å². The number of hydrogen-bond acceptors (Lipinski definition) is 3. The van der Waals surface area contributed by atoms with Gasteiger partial charge in [-0.2, -0.15) is 13.2 Å². The highest BCUT2D eigenvalue weighted by Gasteiger charge is 2.29. The van der Waals surface area contributed by atoms with Crippen LogP contribution in [0, 0.1) is 5.92 Å². The highest BCUT2D eigenvalue weighted by Crippen LogP contribution is 2.26. The van der Waals surface area contributed by atoms with E-state index >= 15 is 0 Å². The Hall–Kier alpha value is -1.76. The normalized spacial score (nSPS) is 17.2. The molecule has 1 heterocycles. The van der Waals surface area contributed by atoms with Gasteiger partial charge in [-0.15, -0.1) is 0 Å². The van der Waals surface area contributed by atoms with Crippen LogP contribution in [0.3, 0.4) is 0 Å². The topological polar surface area (TPSA) is 55.6 Å². The lowest BCUT2D eigenvalue weighted by atomic mass is 9.93. The fourth-order valence-electron chi connectivity index (χ4n) is 2.81. The van der Waals surface area contributed by atoms with E-state index in [1.165, 1.54) is 0 Å². The van der Waals surface area contributed by atoms with Crippen molar-refractivity contribution in [1.29, 1.82) is 0 Å². The average Bonchev–Trinajstić information content (AvgIpc) is 2.47. The summed E-state index contributed by atoms with van der Waals surface area (Å²) in [7, 11) is 0. The minimum absolute atomic E-state index is 0.268. The summed E-state index contributed by atoms with van der Waals surface area (Å²) in [6, 6.07) is 6.78. The number of carbonyl (C=O) groups excluding carboxylic acids is 1. The number of carbonyl (C=O) groups is 1. The predicted octanol–water partition coefficient (Wildman–Crippen LogP) is 2.72. The lowest BCUT2D eigenvalue weighted by molar-refractivity contribution is -0.153. The van der Waals surface area contributed by atoms with E-state index in [1.807, 2.05) is 0 Å². The van der Waals surface area contributed by atoms with Gasteiger partial charge in [0.1, 0.15) is 5.75 Å². The van der Waals surface area contributed by atoms with Gasteiger partial charge in [0.25, 0.3) is 0 Å². The molecule has 1 aromatic carbocycles. The predicted molar refractivity (Wildman–Crippen MR) is 79.8 cm³/mol. The Morgan fingerprint density at radius 1 is 1.26 bits per heavy atom.